The highest BCUT2D eigenvalue weighted by atomic mass is 32.1. The third-order valence-corrected chi connectivity index (χ3v) is 4.21. The first-order valence-corrected chi connectivity index (χ1v) is 9.36. The third-order valence-electron chi connectivity index (χ3n) is 3.97. The summed E-state index contributed by atoms with van der Waals surface area (Å²) in [6.45, 7) is 3.39. The Bertz CT molecular complexity index is 894. The summed E-state index contributed by atoms with van der Waals surface area (Å²) in [4.78, 5) is 36.4. The highest BCUT2D eigenvalue weighted by Crippen LogP contribution is 2.14. The fourth-order valence-corrected chi connectivity index (χ4v) is 2.58. The summed E-state index contributed by atoms with van der Waals surface area (Å²) in [7, 11) is 0. The van der Waals surface area contributed by atoms with Crippen LogP contribution in [-0.2, 0) is 9.53 Å². The number of nitrogens with one attached hydrogen (secondary N) is 1. The zero-order valence-electron chi connectivity index (χ0n) is 16.1. The topological polar surface area (TPSA) is 108 Å². The molecule has 7 nitrogen and oxygen atoms in total. The van der Waals surface area contributed by atoms with Crippen molar-refractivity contribution in [2.45, 2.75) is 19.9 Å². The van der Waals surface area contributed by atoms with E-state index in [0.29, 0.717) is 22.4 Å². The summed E-state index contributed by atoms with van der Waals surface area (Å²) in [5.74, 6) is -0.667. The number of hydrogen-bond acceptors (Lipinski definition) is 6. The number of hydrogen-bond donors (Lipinski definition) is 2. The van der Waals surface area contributed by atoms with Crippen LogP contribution in [0.2, 0.25) is 0 Å². The summed E-state index contributed by atoms with van der Waals surface area (Å²) >= 11 is 4.88. The van der Waals surface area contributed by atoms with Gasteiger partial charge >= 0.3 is 5.97 Å². The molecule has 0 spiro atoms. The van der Waals surface area contributed by atoms with E-state index in [9.17, 15) is 14.4 Å². The van der Waals surface area contributed by atoms with Gasteiger partial charge in [-0.15, -0.1) is 0 Å². The maximum absolute atomic E-state index is 12.6. The van der Waals surface area contributed by atoms with E-state index >= 15 is 0 Å². The number of carbonyl (C=O) groups excluding carboxylic acids is 3. The Morgan fingerprint density at radius 3 is 2.10 bits per heavy atom. The molecule has 2 aromatic rings. The largest absolute Gasteiger partial charge is 0.482 e. The Kier molecular flexibility index (Phi) is 7.85. The van der Waals surface area contributed by atoms with Crippen LogP contribution in [0.3, 0.4) is 0 Å². The van der Waals surface area contributed by atoms with E-state index in [4.69, 9.17) is 27.4 Å². The van der Waals surface area contributed by atoms with Gasteiger partial charge in [0.05, 0.1) is 12.6 Å². The van der Waals surface area contributed by atoms with E-state index in [2.05, 4.69) is 5.32 Å². The van der Waals surface area contributed by atoms with Crippen molar-refractivity contribution in [3.8, 4) is 5.75 Å². The number of rotatable bonds is 9. The van der Waals surface area contributed by atoms with E-state index in [-0.39, 0.29) is 29.9 Å². The Labute approximate surface area is 174 Å². The Balaban J connectivity index is 1.94. The van der Waals surface area contributed by atoms with Crippen molar-refractivity contribution in [3.05, 3.63) is 65.2 Å². The lowest BCUT2D eigenvalue weighted by Gasteiger charge is -2.14. The normalized spacial score (nSPS) is 11.2. The van der Waals surface area contributed by atoms with E-state index in [0.717, 1.165) is 0 Å². The van der Waals surface area contributed by atoms with Crippen LogP contribution in [0.25, 0.3) is 0 Å². The molecule has 0 radical (unpaired) electrons. The first-order valence-electron chi connectivity index (χ1n) is 8.95. The fourth-order valence-electron chi connectivity index (χ4n) is 2.44. The van der Waals surface area contributed by atoms with Crippen molar-refractivity contribution in [1.29, 1.82) is 0 Å². The molecule has 3 N–H and O–H groups in total. The van der Waals surface area contributed by atoms with Gasteiger partial charge in [0.1, 0.15) is 10.7 Å². The van der Waals surface area contributed by atoms with Gasteiger partial charge in [0.15, 0.2) is 12.4 Å². The molecule has 152 valence electrons. The number of carbonyl (C=O) groups is 3. The summed E-state index contributed by atoms with van der Waals surface area (Å²) in [6, 6.07) is 12.1. The third kappa shape index (κ3) is 6.39. The van der Waals surface area contributed by atoms with Crippen molar-refractivity contribution < 1.29 is 23.9 Å². The zero-order chi connectivity index (χ0) is 21.4. The second kappa shape index (κ2) is 10.3. The molecule has 0 aliphatic heterocycles. The van der Waals surface area contributed by atoms with Crippen molar-refractivity contribution in [1.82, 2.24) is 5.32 Å². The molecule has 2 rings (SSSR count). The number of nitrogens with two attached hydrogens (primary N) is 1. The Morgan fingerprint density at radius 2 is 1.55 bits per heavy atom. The number of thiocarbonyl (C=S) groups is 1. The van der Waals surface area contributed by atoms with Gasteiger partial charge in [0, 0.05) is 16.7 Å². The molecule has 0 fully saturated rings. The van der Waals surface area contributed by atoms with Gasteiger partial charge in [0.2, 0.25) is 0 Å². The summed E-state index contributed by atoms with van der Waals surface area (Å²) in [5.41, 5.74) is 7.00. The zero-order valence-corrected chi connectivity index (χ0v) is 17.0. The number of Topliss-reactive ketones (excluding diaryl/α,β-unsaturated/α-hetero) is 1. The molecule has 0 heterocycles. The minimum absolute atomic E-state index is 0.207. The first-order chi connectivity index (χ1) is 13.8. The summed E-state index contributed by atoms with van der Waals surface area (Å²) in [5, 5.41) is 2.67. The molecule has 0 saturated heterocycles. The van der Waals surface area contributed by atoms with E-state index in [1.807, 2.05) is 0 Å². The van der Waals surface area contributed by atoms with Crippen LogP contribution < -0.4 is 15.8 Å². The van der Waals surface area contributed by atoms with Gasteiger partial charge in [-0.25, -0.2) is 4.79 Å². The lowest BCUT2D eigenvalue weighted by molar-refractivity contribution is -0.145. The molecule has 2 aromatic carbocycles. The predicted octanol–water partition coefficient (Wildman–Crippen LogP) is 2.26. The monoisotopic (exact) mass is 414 g/mol. The molecule has 0 saturated carbocycles. The van der Waals surface area contributed by atoms with E-state index in [1.54, 1.807) is 62.4 Å². The fraction of sp³-hybridized carbons (Fsp3) is 0.238. The van der Waals surface area contributed by atoms with Gasteiger partial charge in [-0.1, -0.05) is 24.4 Å². The average molecular weight is 414 g/mol. The van der Waals surface area contributed by atoms with Crippen LogP contribution in [0.1, 0.15) is 40.1 Å². The van der Waals surface area contributed by atoms with Crippen molar-refractivity contribution in [3.63, 3.8) is 0 Å². The number of esters is 1. The second-order valence-corrected chi connectivity index (χ2v) is 6.56. The molecule has 0 bridgehead atoms. The van der Waals surface area contributed by atoms with E-state index < -0.39 is 12.0 Å². The lowest BCUT2D eigenvalue weighted by Crippen LogP contribution is -2.38. The number of benzene rings is 2. The molecule has 0 aliphatic rings. The van der Waals surface area contributed by atoms with Crippen LogP contribution in [0, 0.1) is 0 Å². The first kappa shape index (κ1) is 22.0. The van der Waals surface area contributed by atoms with Gasteiger partial charge < -0.3 is 20.5 Å². The van der Waals surface area contributed by atoms with Crippen LogP contribution in [-0.4, -0.2) is 41.9 Å². The van der Waals surface area contributed by atoms with Crippen LogP contribution in [0.15, 0.2) is 48.5 Å². The van der Waals surface area contributed by atoms with Crippen LogP contribution in [0.5, 0.6) is 5.75 Å². The van der Waals surface area contributed by atoms with Crippen molar-refractivity contribution in [2.24, 2.45) is 5.73 Å². The van der Waals surface area contributed by atoms with Crippen molar-refractivity contribution in [2.75, 3.05) is 13.2 Å². The van der Waals surface area contributed by atoms with Crippen LogP contribution >= 0.6 is 12.2 Å². The van der Waals surface area contributed by atoms with Gasteiger partial charge in [-0.3, -0.25) is 9.59 Å². The number of ether oxygens (including phenoxy) is 2. The quantitative estimate of drug-likeness (QED) is 0.368. The molecular formula is C21H22N2O5S. The maximum atomic E-state index is 12.6. The van der Waals surface area contributed by atoms with Gasteiger partial charge in [0.25, 0.3) is 5.91 Å². The van der Waals surface area contributed by atoms with Gasteiger partial charge in [-0.05, 0) is 50.2 Å². The molecule has 1 atom stereocenters. The van der Waals surface area contributed by atoms with Crippen LogP contribution in [0.4, 0.5) is 0 Å². The minimum atomic E-state index is -0.732. The predicted molar refractivity (Wildman–Crippen MR) is 112 cm³/mol. The van der Waals surface area contributed by atoms with Crippen molar-refractivity contribution >= 4 is 34.9 Å². The van der Waals surface area contributed by atoms with Gasteiger partial charge in [-0.2, -0.15) is 0 Å². The number of ketones is 1. The molecule has 29 heavy (non-hydrogen) atoms. The average Bonchev–Trinajstić information content (AvgIpc) is 2.72. The standard InChI is InChI=1S/C21H22N2O5S/c1-3-27-18(24)12-28-17-10-8-14(9-11-17)19(25)13(2)23-21(26)16-6-4-15(5-7-16)20(22)29/h4-11,13H,3,12H2,1-2H3,(H2,22,29)(H,23,26)/t13-/m0/s1. The number of amides is 1. The molecule has 8 heteroatoms. The second-order valence-electron chi connectivity index (χ2n) is 6.12. The molecular weight excluding hydrogens is 392 g/mol. The molecule has 1 amide bonds. The molecule has 0 unspecified atom stereocenters. The Morgan fingerprint density at radius 1 is 1.00 bits per heavy atom. The molecule has 0 aliphatic carbocycles. The minimum Gasteiger partial charge on any atom is -0.482 e. The maximum Gasteiger partial charge on any atom is 0.344 e. The SMILES string of the molecule is CCOC(=O)COc1ccc(C(=O)[C@H](C)NC(=O)c2ccc(C(N)=S)cc2)cc1. The smallest absolute Gasteiger partial charge is 0.344 e. The molecule has 0 aromatic heterocycles. The summed E-state index contributed by atoms with van der Waals surface area (Å²) < 4.78 is 10.1. The van der Waals surface area contributed by atoms with E-state index in [1.165, 1.54) is 0 Å². The Hall–Kier alpha value is -3.26. The summed E-state index contributed by atoms with van der Waals surface area (Å²) in [6.07, 6.45) is 0. The highest BCUT2D eigenvalue weighted by molar-refractivity contribution is 7.80. The highest BCUT2D eigenvalue weighted by Gasteiger charge is 2.18. The lowest BCUT2D eigenvalue weighted by atomic mass is 10.0.